The van der Waals surface area contributed by atoms with Crippen molar-refractivity contribution in [2.75, 3.05) is 6.54 Å². The van der Waals surface area contributed by atoms with Gasteiger partial charge >= 0.3 is 0 Å². The molecule has 0 aromatic rings. The third kappa shape index (κ3) is 8.48. The molecule has 4 nitrogen and oxygen atoms in total. The van der Waals surface area contributed by atoms with Crippen molar-refractivity contribution < 1.29 is 9.59 Å². The van der Waals surface area contributed by atoms with Gasteiger partial charge in [0.2, 0.25) is 5.91 Å². The number of rotatable bonds is 14. The SMILES string of the molecule is CCCC(CC)CCC(=O)N(NCC(CC)CCC=O)C1C=CCCC1. The second kappa shape index (κ2) is 14.0. The molecule has 0 saturated heterocycles. The van der Waals surface area contributed by atoms with Crippen LogP contribution in [0.1, 0.15) is 91.4 Å². The van der Waals surface area contributed by atoms with Crippen LogP contribution in [0.2, 0.25) is 0 Å². The molecule has 0 aromatic heterocycles. The third-order valence-electron chi connectivity index (χ3n) is 5.69. The lowest BCUT2D eigenvalue weighted by atomic mass is 9.94. The molecule has 150 valence electrons. The fourth-order valence-corrected chi connectivity index (χ4v) is 3.79. The number of amides is 1. The molecule has 0 aliphatic heterocycles. The van der Waals surface area contributed by atoms with Crippen molar-refractivity contribution in [1.82, 2.24) is 10.4 Å². The van der Waals surface area contributed by atoms with Crippen molar-refractivity contribution in [2.45, 2.75) is 97.4 Å². The Balaban J connectivity index is 2.65. The van der Waals surface area contributed by atoms with E-state index in [0.29, 0.717) is 24.7 Å². The maximum atomic E-state index is 13.0. The van der Waals surface area contributed by atoms with Gasteiger partial charge in [0, 0.05) is 19.4 Å². The van der Waals surface area contributed by atoms with Gasteiger partial charge in [-0.25, -0.2) is 5.43 Å². The first kappa shape index (κ1) is 22.9. The molecule has 0 aromatic carbocycles. The monoisotopic (exact) mass is 364 g/mol. The first-order valence-electron chi connectivity index (χ1n) is 10.8. The number of hydrogen-bond donors (Lipinski definition) is 1. The molecule has 0 heterocycles. The maximum absolute atomic E-state index is 13.0. The Morgan fingerprint density at radius 3 is 2.54 bits per heavy atom. The molecule has 1 aliphatic carbocycles. The summed E-state index contributed by atoms with van der Waals surface area (Å²) in [6, 6.07) is 0.172. The lowest BCUT2D eigenvalue weighted by Crippen LogP contribution is -2.50. The normalized spacial score (nSPS) is 19.1. The van der Waals surface area contributed by atoms with Crippen LogP contribution in [0, 0.1) is 11.8 Å². The minimum atomic E-state index is 0.172. The minimum Gasteiger partial charge on any atom is -0.303 e. The van der Waals surface area contributed by atoms with Gasteiger partial charge in [0.15, 0.2) is 0 Å². The number of hydrogen-bond acceptors (Lipinski definition) is 3. The highest BCUT2D eigenvalue weighted by atomic mass is 16.2. The van der Waals surface area contributed by atoms with E-state index < -0.39 is 0 Å². The van der Waals surface area contributed by atoms with Crippen molar-refractivity contribution in [3.8, 4) is 0 Å². The van der Waals surface area contributed by atoms with Crippen molar-refractivity contribution in [2.24, 2.45) is 11.8 Å². The summed E-state index contributed by atoms with van der Waals surface area (Å²) in [4.78, 5) is 23.6. The van der Waals surface area contributed by atoms with Gasteiger partial charge in [-0.3, -0.25) is 9.80 Å². The Hall–Kier alpha value is -1.16. The molecule has 1 aliphatic rings. The smallest absolute Gasteiger partial charge is 0.237 e. The van der Waals surface area contributed by atoms with Crippen LogP contribution in [-0.2, 0) is 9.59 Å². The molecule has 3 atom stereocenters. The topological polar surface area (TPSA) is 49.4 Å². The predicted octanol–water partition coefficient (Wildman–Crippen LogP) is 5.04. The number of carbonyl (C=O) groups excluding carboxylic acids is 2. The Labute approximate surface area is 160 Å². The van der Waals surface area contributed by atoms with Gasteiger partial charge < -0.3 is 4.79 Å². The molecule has 4 heteroatoms. The Morgan fingerprint density at radius 1 is 1.19 bits per heavy atom. The lowest BCUT2D eigenvalue weighted by Gasteiger charge is -2.33. The standard InChI is InChI=1S/C22H40N2O2/c1-4-11-19(5-2)15-16-22(26)24(21-13-8-7-9-14-21)23-18-20(6-3)12-10-17-25/h8,13,17,19-21,23H,4-7,9-12,14-16,18H2,1-3H3. The van der Waals surface area contributed by atoms with Crippen LogP contribution >= 0.6 is 0 Å². The summed E-state index contributed by atoms with van der Waals surface area (Å²) in [5.74, 6) is 1.32. The van der Waals surface area contributed by atoms with E-state index in [1.807, 2.05) is 5.01 Å². The Morgan fingerprint density at radius 2 is 1.96 bits per heavy atom. The summed E-state index contributed by atoms with van der Waals surface area (Å²) in [6.07, 6.45) is 16.4. The van der Waals surface area contributed by atoms with Crippen LogP contribution in [0.25, 0.3) is 0 Å². The summed E-state index contributed by atoms with van der Waals surface area (Å²) in [5.41, 5.74) is 3.44. The van der Waals surface area contributed by atoms with Crippen LogP contribution in [0.4, 0.5) is 0 Å². The summed E-state index contributed by atoms with van der Waals surface area (Å²) in [6.45, 7) is 7.37. The molecule has 1 N–H and O–H groups in total. The van der Waals surface area contributed by atoms with Crippen molar-refractivity contribution in [3.05, 3.63) is 12.2 Å². The van der Waals surface area contributed by atoms with Crippen molar-refractivity contribution in [3.63, 3.8) is 0 Å². The lowest BCUT2D eigenvalue weighted by molar-refractivity contribution is -0.137. The molecule has 3 unspecified atom stereocenters. The Bertz CT molecular complexity index is 422. The zero-order chi connectivity index (χ0) is 19.2. The molecule has 0 saturated carbocycles. The second-order valence-electron chi connectivity index (χ2n) is 7.67. The largest absolute Gasteiger partial charge is 0.303 e. The van der Waals surface area contributed by atoms with Gasteiger partial charge in [-0.15, -0.1) is 0 Å². The molecule has 0 bridgehead atoms. The summed E-state index contributed by atoms with van der Waals surface area (Å²) in [5, 5.41) is 1.90. The van der Waals surface area contributed by atoms with Crippen molar-refractivity contribution in [1.29, 1.82) is 0 Å². The summed E-state index contributed by atoms with van der Waals surface area (Å²) >= 11 is 0. The molecular formula is C22H40N2O2. The maximum Gasteiger partial charge on any atom is 0.237 e. The number of nitrogens with one attached hydrogen (secondary N) is 1. The van der Waals surface area contributed by atoms with E-state index in [2.05, 4.69) is 38.3 Å². The number of nitrogens with zero attached hydrogens (tertiary/aromatic N) is 1. The highest BCUT2D eigenvalue weighted by molar-refractivity contribution is 5.76. The van der Waals surface area contributed by atoms with E-state index in [-0.39, 0.29) is 11.9 Å². The zero-order valence-electron chi connectivity index (χ0n) is 17.2. The molecule has 0 radical (unpaired) electrons. The molecule has 1 amide bonds. The minimum absolute atomic E-state index is 0.172. The number of carbonyl (C=O) groups is 2. The fourth-order valence-electron chi connectivity index (χ4n) is 3.79. The highest BCUT2D eigenvalue weighted by Gasteiger charge is 2.24. The van der Waals surface area contributed by atoms with Gasteiger partial charge in [0.05, 0.1) is 6.04 Å². The van der Waals surface area contributed by atoms with Gasteiger partial charge in [0.1, 0.15) is 6.29 Å². The molecule has 26 heavy (non-hydrogen) atoms. The fraction of sp³-hybridized carbons (Fsp3) is 0.818. The first-order valence-corrected chi connectivity index (χ1v) is 10.8. The second-order valence-corrected chi connectivity index (χ2v) is 7.67. The number of hydrazine groups is 1. The van der Waals surface area contributed by atoms with Gasteiger partial charge in [-0.1, -0.05) is 58.6 Å². The van der Waals surface area contributed by atoms with Gasteiger partial charge in [-0.05, 0) is 43.9 Å². The van der Waals surface area contributed by atoms with Crippen LogP contribution in [0.15, 0.2) is 12.2 Å². The summed E-state index contributed by atoms with van der Waals surface area (Å²) < 4.78 is 0. The first-order chi connectivity index (χ1) is 12.7. The molecule has 1 rings (SSSR count). The third-order valence-corrected chi connectivity index (χ3v) is 5.69. The van der Waals surface area contributed by atoms with Crippen LogP contribution in [0.3, 0.4) is 0 Å². The van der Waals surface area contributed by atoms with Crippen LogP contribution < -0.4 is 5.43 Å². The van der Waals surface area contributed by atoms with Gasteiger partial charge in [0.25, 0.3) is 0 Å². The van der Waals surface area contributed by atoms with Crippen molar-refractivity contribution >= 4 is 12.2 Å². The van der Waals surface area contributed by atoms with Crippen LogP contribution in [-0.4, -0.2) is 29.8 Å². The van der Waals surface area contributed by atoms with E-state index in [1.54, 1.807) is 0 Å². The van der Waals surface area contributed by atoms with E-state index in [4.69, 9.17) is 0 Å². The predicted molar refractivity (Wildman–Crippen MR) is 109 cm³/mol. The van der Waals surface area contributed by atoms with E-state index in [9.17, 15) is 9.59 Å². The van der Waals surface area contributed by atoms with E-state index in [0.717, 1.165) is 57.8 Å². The van der Waals surface area contributed by atoms with E-state index >= 15 is 0 Å². The van der Waals surface area contributed by atoms with Crippen LogP contribution in [0.5, 0.6) is 0 Å². The molecule has 0 spiro atoms. The van der Waals surface area contributed by atoms with Gasteiger partial charge in [-0.2, -0.15) is 0 Å². The summed E-state index contributed by atoms with van der Waals surface area (Å²) in [7, 11) is 0. The quantitative estimate of drug-likeness (QED) is 0.267. The highest BCUT2D eigenvalue weighted by Crippen LogP contribution is 2.21. The van der Waals surface area contributed by atoms with E-state index in [1.165, 1.54) is 12.8 Å². The number of allylic oxidation sites excluding steroid dienone is 1. The zero-order valence-corrected chi connectivity index (χ0v) is 17.2. The molecule has 0 fully saturated rings. The average molecular weight is 365 g/mol. The molecular weight excluding hydrogens is 324 g/mol. The Kier molecular flexibility index (Phi) is 12.3. The average Bonchev–Trinajstić information content (AvgIpc) is 2.68. The number of aldehydes is 1.